The number of hydrogen-bond donors (Lipinski definition) is 2. The van der Waals surface area contributed by atoms with Crippen molar-refractivity contribution in [1.82, 2.24) is 20.1 Å². The molecule has 2 amide bonds. The lowest BCUT2D eigenvalue weighted by molar-refractivity contribution is -0.122. The number of aromatic nitrogens is 1. The highest BCUT2D eigenvalue weighted by molar-refractivity contribution is 6.38. The molecule has 0 unspecified atom stereocenters. The molecule has 2 aromatic rings. The number of aryl methyl sites for hydroxylation is 1. The summed E-state index contributed by atoms with van der Waals surface area (Å²) in [4.78, 5) is 26.8. The van der Waals surface area contributed by atoms with Gasteiger partial charge in [0.25, 0.3) is 5.91 Å². The molecular formula is C20H27ClN4O2. The van der Waals surface area contributed by atoms with Crippen LogP contribution in [-0.4, -0.2) is 53.5 Å². The van der Waals surface area contributed by atoms with Gasteiger partial charge in [0.2, 0.25) is 5.91 Å². The molecule has 6 nitrogen and oxygen atoms in total. The summed E-state index contributed by atoms with van der Waals surface area (Å²) in [6.07, 6.45) is 2.60. The van der Waals surface area contributed by atoms with E-state index in [0.29, 0.717) is 17.3 Å². The zero-order valence-electron chi connectivity index (χ0n) is 15.9. The van der Waals surface area contributed by atoms with Crippen LogP contribution in [0.15, 0.2) is 24.3 Å². The molecule has 1 aliphatic heterocycles. The van der Waals surface area contributed by atoms with Crippen LogP contribution in [0.25, 0.3) is 10.9 Å². The molecule has 0 bridgehead atoms. The van der Waals surface area contributed by atoms with Gasteiger partial charge in [-0.15, -0.1) is 0 Å². The minimum absolute atomic E-state index is 0.0709. The van der Waals surface area contributed by atoms with Crippen LogP contribution in [-0.2, 0) is 11.8 Å². The maximum atomic E-state index is 12.8. The van der Waals surface area contributed by atoms with Gasteiger partial charge in [0.15, 0.2) is 0 Å². The normalized spacial score (nSPS) is 15.8. The van der Waals surface area contributed by atoms with E-state index >= 15 is 0 Å². The first-order valence-electron chi connectivity index (χ1n) is 9.54. The lowest BCUT2D eigenvalue weighted by Crippen LogP contribution is -2.47. The number of carbonyl (C=O) groups is 2. The first-order chi connectivity index (χ1) is 13.0. The monoisotopic (exact) mass is 390 g/mol. The molecule has 0 saturated carbocycles. The zero-order valence-corrected chi connectivity index (χ0v) is 16.7. The quantitative estimate of drug-likeness (QED) is 0.796. The number of benzene rings is 1. The van der Waals surface area contributed by atoms with Gasteiger partial charge in [0.05, 0.1) is 11.6 Å². The van der Waals surface area contributed by atoms with Gasteiger partial charge < -0.3 is 15.2 Å². The third-order valence-electron chi connectivity index (χ3n) is 5.12. The molecule has 1 saturated heterocycles. The van der Waals surface area contributed by atoms with Crippen molar-refractivity contribution >= 4 is 34.3 Å². The number of para-hydroxylation sites is 1. The number of rotatable bonds is 6. The average Bonchev–Trinajstić information content (AvgIpc) is 2.93. The number of carbonyl (C=O) groups excluding carboxylic acids is 2. The first-order valence-corrected chi connectivity index (χ1v) is 9.92. The fourth-order valence-corrected chi connectivity index (χ4v) is 3.98. The summed E-state index contributed by atoms with van der Waals surface area (Å²) in [6.45, 7) is 4.78. The Labute approximate surface area is 164 Å². The summed E-state index contributed by atoms with van der Waals surface area (Å²) in [5.41, 5.74) is 1.44. The standard InChI is InChI=1S/C20H27ClN4O2/c1-3-10-22-17(26)13-25-11-8-14(9-12-25)23-20(27)19-18(21)15-6-4-5-7-16(15)24(19)2/h4-7,14H,3,8-13H2,1-2H3,(H,22,26)(H,23,27). The number of amides is 2. The van der Waals surface area contributed by atoms with Crippen LogP contribution < -0.4 is 10.6 Å². The highest BCUT2D eigenvalue weighted by Crippen LogP contribution is 2.29. The molecule has 27 heavy (non-hydrogen) atoms. The van der Waals surface area contributed by atoms with Crippen molar-refractivity contribution in [3.05, 3.63) is 35.0 Å². The van der Waals surface area contributed by atoms with Gasteiger partial charge in [-0.1, -0.05) is 36.7 Å². The molecule has 2 N–H and O–H groups in total. The molecule has 2 heterocycles. The number of piperidine rings is 1. The number of nitrogens with one attached hydrogen (secondary N) is 2. The Hall–Kier alpha value is -2.05. The van der Waals surface area contributed by atoms with E-state index in [1.807, 2.05) is 42.8 Å². The Morgan fingerprint density at radius 3 is 2.59 bits per heavy atom. The number of hydrogen-bond acceptors (Lipinski definition) is 3. The van der Waals surface area contributed by atoms with Crippen molar-refractivity contribution < 1.29 is 9.59 Å². The highest BCUT2D eigenvalue weighted by Gasteiger charge is 2.25. The summed E-state index contributed by atoms with van der Waals surface area (Å²) in [6, 6.07) is 7.84. The van der Waals surface area contributed by atoms with Gasteiger partial charge in [-0.2, -0.15) is 0 Å². The second-order valence-electron chi connectivity index (χ2n) is 7.11. The molecule has 3 rings (SSSR count). The van der Waals surface area contributed by atoms with E-state index < -0.39 is 0 Å². The molecule has 1 aromatic carbocycles. The van der Waals surface area contributed by atoms with Crippen molar-refractivity contribution in [1.29, 1.82) is 0 Å². The Morgan fingerprint density at radius 2 is 1.93 bits per heavy atom. The second-order valence-corrected chi connectivity index (χ2v) is 7.49. The number of halogens is 1. The van der Waals surface area contributed by atoms with E-state index in [2.05, 4.69) is 15.5 Å². The highest BCUT2D eigenvalue weighted by atomic mass is 35.5. The molecule has 0 aliphatic carbocycles. The molecule has 1 aliphatic rings. The summed E-state index contributed by atoms with van der Waals surface area (Å²) < 4.78 is 1.85. The number of fused-ring (bicyclic) bond motifs is 1. The van der Waals surface area contributed by atoms with Gasteiger partial charge in [0, 0.05) is 43.6 Å². The molecule has 0 atom stereocenters. The molecule has 146 valence electrons. The van der Waals surface area contributed by atoms with Crippen molar-refractivity contribution in [3.63, 3.8) is 0 Å². The van der Waals surface area contributed by atoms with Crippen molar-refractivity contribution in [2.45, 2.75) is 32.2 Å². The minimum atomic E-state index is -0.141. The predicted molar refractivity (Wildman–Crippen MR) is 108 cm³/mol. The summed E-state index contributed by atoms with van der Waals surface area (Å²) in [7, 11) is 1.86. The fraction of sp³-hybridized carbons (Fsp3) is 0.500. The van der Waals surface area contributed by atoms with Gasteiger partial charge >= 0.3 is 0 Å². The number of likely N-dealkylation sites (tertiary alicyclic amines) is 1. The van der Waals surface area contributed by atoms with Gasteiger partial charge in [-0.25, -0.2) is 0 Å². The molecule has 1 fully saturated rings. The summed E-state index contributed by atoms with van der Waals surface area (Å²) >= 11 is 6.46. The second kappa shape index (κ2) is 8.76. The van der Waals surface area contributed by atoms with Gasteiger partial charge in [-0.3, -0.25) is 14.5 Å². The van der Waals surface area contributed by atoms with Crippen LogP contribution in [0.4, 0.5) is 0 Å². The third kappa shape index (κ3) is 4.45. The lowest BCUT2D eigenvalue weighted by Gasteiger charge is -2.31. The zero-order chi connectivity index (χ0) is 19.4. The number of nitrogens with zero attached hydrogens (tertiary/aromatic N) is 2. The van der Waals surface area contributed by atoms with E-state index in [1.54, 1.807) is 0 Å². The maximum absolute atomic E-state index is 12.8. The van der Waals surface area contributed by atoms with E-state index in [1.165, 1.54) is 0 Å². The Morgan fingerprint density at radius 1 is 1.22 bits per heavy atom. The van der Waals surface area contributed by atoms with E-state index in [0.717, 1.165) is 49.8 Å². The van der Waals surface area contributed by atoms with E-state index in [4.69, 9.17) is 11.6 Å². The van der Waals surface area contributed by atoms with Crippen molar-refractivity contribution in [2.75, 3.05) is 26.2 Å². The topological polar surface area (TPSA) is 66.4 Å². The van der Waals surface area contributed by atoms with Gasteiger partial charge in [-0.05, 0) is 25.3 Å². The van der Waals surface area contributed by atoms with Crippen LogP contribution in [0, 0.1) is 0 Å². The summed E-state index contributed by atoms with van der Waals surface area (Å²) in [5.74, 6) is -0.0699. The minimum Gasteiger partial charge on any atom is -0.355 e. The van der Waals surface area contributed by atoms with Gasteiger partial charge in [0.1, 0.15) is 5.69 Å². The SMILES string of the molecule is CCCNC(=O)CN1CCC(NC(=O)c2c(Cl)c3ccccc3n2C)CC1. The smallest absolute Gasteiger partial charge is 0.269 e. The lowest BCUT2D eigenvalue weighted by atomic mass is 10.0. The van der Waals surface area contributed by atoms with Crippen molar-refractivity contribution in [3.8, 4) is 0 Å². The molecule has 0 radical (unpaired) electrons. The maximum Gasteiger partial charge on any atom is 0.269 e. The summed E-state index contributed by atoms with van der Waals surface area (Å²) in [5, 5.41) is 7.40. The van der Waals surface area contributed by atoms with E-state index in [9.17, 15) is 9.59 Å². The third-order valence-corrected chi connectivity index (χ3v) is 5.51. The Kier molecular flexibility index (Phi) is 6.39. The Balaban J connectivity index is 1.57. The average molecular weight is 391 g/mol. The fourth-order valence-electron chi connectivity index (χ4n) is 3.61. The van der Waals surface area contributed by atoms with Crippen LogP contribution in [0.2, 0.25) is 5.02 Å². The first kappa shape index (κ1) is 19.7. The Bertz CT molecular complexity index is 786. The van der Waals surface area contributed by atoms with Crippen LogP contribution in [0.5, 0.6) is 0 Å². The largest absolute Gasteiger partial charge is 0.355 e. The van der Waals surface area contributed by atoms with Crippen molar-refractivity contribution in [2.24, 2.45) is 7.05 Å². The van der Waals surface area contributed by atoms with Crippen LogP contribution >= 0.6 is 11.6 Å². The predicted octanol–water partition coefficient (Wildman–Crippen LogP) is 2.55. The molecule has 0 spiro atoms. The van der Waals surface area contributed by atoms with Crippen LogP contribution in [0.3, 0.4) is 0 Å². The van der Waals surface area contributed by atoms with E-state index in [-0.39, 0.29) is 17.9 Å². The molecule has 7 heteroatoms. The molecular weight excluding hydrogens is 364 g/mol. The molecule has 1 aromatic heterocycles. The van der Waals surface area contributed by atoms with Crippen LogP contribution in [0.1, 0.15) is 36.7 Å².